The highest BCUT2D eigenvalue weighted by molar-refractivity contribution is 5.75. The summed E-state index contributed by atoms with van der Waals surface area (Å²) in [6.45, 7) is 5.89. The van der Waals surface area contributed by atoms with Gasteiger partial charge in [0.2, 0.25) is 12.4 Å². The van der Waals surface area contributed by atoms with Crippen molar-refractivity contribution in [1.82, 2.24) is 0 Å². The van der Waals surface area contributed by atoms with Crippen molar-refractivity contribution in [1.29, 1.82) is 0 Å². The highest BCUT2D eigenvalue weighted by Crippen LogP contribution is 2.38. The molecule has 1 aliphatic rings. The van der Waals surface area contributed by atoms with Gasteiger partial charge in [0, 0.05) is 25.7 Å². The maximum atomic E-state index is 12.1. The van der Waals surface area contributed by atoms with E-state index in [9.17, 15) is 29.1 Å². The molecule has 0 amide bonds. The van der Waals surface area contributed by atoms with Crippen molar-refractivity contribution in [3.05, 3.63) is 0 Å². The highest BCUT2D eigenvalue weighted by atomic mass is 16.8. The largest absolute Gasteiger partial charge is 0.479 e. The van der Waals surface area contributed by atoms with Gasteiger partial charge in [-0.1, -0.05) is 27.7 Å². The van der Waals surface area contributed by atoms with Crippen LogP contribution in [0.4, 0.5) is 0 Å². The number of carboxylic acid groups (broad SMARTS) is 1. The summed E-state index contributed by atoms with van der Waals surface area (Å²) in [6, 6.07) is 0. The Balaban J connectivity index is 3.52. The first-order valence-corrected chi connectivity index (χ1v) is 9.33. The molecule has 0 aromatic carbocycles. The molecule has 29 heavy (non-hydrogen) atoms. The summed E-state index contributed by atoms with van der Waals surface area (Å²) in [5.74, 6) is -7.11. The molecule has 11 nitrogen and oxygen atoms in total. The number of hydrogen-bond acceptors (Lipinski definition) is 10. The Morgan fingerprint density at radius 1 is 0.828 bits per heavy atom. The van der Waals surface area contributed by atoms with Gasteiger partial charge < -0.3 is 28.8 Å². The van der Waals surface area contributed by atoms with Crippen molar-refractivity contribution >= 4 is 29.8 Å². The van der Waals surface area contributed by atoms with E-state index in [4.69, 9.17) is 23.7 Å². The molecule has 0 aromatic rings. The number of carboxylic acids is 1. The molecule has 1 heterocycles. The normalized spacial score (nSPS) is 22.8. The van der Waals surface area contributed by atoms with E-state index in [1.165, 1.54) is 27.7 Å². The maximum absolute atomic E-state index is 12.1. The van der Waals surface area contributed by atoms with Crippen LogP contribution in [0.3, 0.4) is 0 Å². The van der Waals surface area contributed by atoms with Crippen LogP contribution >= 0.6 is 0 Å². The van der Waals surface area contributed by atoms with Gasteiger partial charge in [-0.2, -0.15) is 0 Å². The quantitative estimate of drug-likeness (QED) is 0.325. The highest BCUT2D eigenvalue weighted by Gasteiger charge is 2.61. The lowest BCUT2D eigenvalue weighted by atomic mass is 9.96. The summed E-state index contributed by atoms with van der Waals surface area (Å²) in [7, 11) is 0. The van der Waals surface area contributed by atoms with Gasteiger partial charge in [-0.25, -0.2) is 4.79 Å². The number of hydrogen-bond donors (Lipinski definition) is 1. The number of carbonyl (C=O) groups is 5. The van der Waals surface area contributed by atoms with E-state index in [0.717, 1.165) is 0 Å². The monoisotopic (exact) mass is 418 g/mol. The number of ether oxygens (including phenoxy) is 5. The van der Waals surface area contributed by atoms with Crippen LogP contribution in [0.15, 0.2) is 0 Å². The van der Waals surface area contributed by atoms with Crippen LogP contribution in [-0.4, -0.2) is 59.2 Å². The minimum Gasteiger partial charge on any atom is -0.479 e. The van der Waals surface area contributed by atoms with Crippen LogP contribution < -0.4 is 0 Å². The number of carbonyl (C=O) groups excluding carboxylic acids is 4. The molecule has 1 fully saturated rings. The molecule has 0 radical (unpaired) electrons. The molecule has 1 N–H and O–H groups in total. The standard InChI is InChI=1S/C18H26O11/c1-5-11(19)26-15-17(27-12(20)6-2)25-10(16(23)24)9-18(15,28-13(21)7-3)29-14(22)8-4/h10,15,17H,5-9H2,1-4H3,(H,23,24). The topological polar surface area (TPSA) is 152 Å². The second-order valence-corrected chi connectivity index (χ2v) is 6.11. The van der Waals surface area contributed by atoms with E-state index in [-0.39, 0.29) is 25.7 Å². The maximum Gasteiger partial charge on any atom is 0.333 e. The zero-order chi connectivity index (χ0) is 22.2. The van der Waals surface area contributed by atoms with E-state index < -0.39 is 60.6 Å². The van der Waals surface area contributed by atoms with E-state index in [2.05, 4.69) is 0 Å². The summed E-state index contributed by atoms with van der Waals surface area (Å²) in [4.78, 5) is 59.5. The van der Waals surface area contributed by atoms with Gasteiger partial charge in [0.25, 0.3) is 0 Å². The lowest BCUT2D eigenvalue weighted by Gasteiger charge is -2.45. The van der Waals surface area contributed by atoms with Gasteiger partial charge >= 0.3 is 35.6 Å². The molecule has 11 heteroatoms. The Labute approximate surface area is 167 Å². The molecular formula is C18H26O11. The summed E-state index contributed by atoms with van der Waals surface area (Å²) in [6.07, 6.45) is -6.31. The summed E-state index contributed by atoms with van der Waals surface area (Å²) >= 11 is 0. The van der Waals surface area contributed by atoms with Crippen molar-refractivity contribution in [2.45, 2.75) is 84.1 Å². The molecule has 3 atom stereocenters. The average Bonchev–Trinajstić information content (AvgIpc) is 2.69. The Morgan fingerprint density at radius 3 is 1.69 bits per heavy atom. The summed E-state index contributed by atoms with van der Waals surface area (Å²) in [5.41, 5.74) is 0. The van der Waals surface area contributed by atoms with E-state index >= 15 is 0 Å². The third kappa shape index (κ3) is 6.41. The predicted molar refractivity (Wildman–Crippen MR) is 93.0 cm³/mol. The molecule has 164 valence electrons. The van der Waals surface area contributed by atoms with Crippen molar-refractivity contribution in [3.63, 3.8) is 0 Å². The molecule has 3 unspecified atom stereocenters. The number of rotatable bonds is 9. The zero-order valence-corrected chi connectivity index (χ0v) is 16.8. The lowest BCUT2D eigenvalue weighted by molar-refractivity contribution is -0.346. The van der Waals surface area contributed by atoms with Crippen molar-refractivity contribution in [2.24, 2.45) is 0 Å². The molecule has 1 rings (SSSR count). The fraction of sp³-hybridized carbons (Fsp3) is 0.722. The second-order valence-electron chi connectivity index (χ2n) is 6.11. The number of esters is 4. The summed E-state index contributed by atoms with van der Waals surface area (Å²) in [5, 5.41) is 9.42. The molecule has 1 aliphatic heterocycles. The lowest BCUT2D eigenvalue weighted by Crippen LogP contribution is -2.64. The first-order valence-electron chi connectivity index (χ1n) is 9.33. The van der Waals surface area contributed by atoms with Crippen LogP contribution in [0, 0.1) is 0 Å². The second kappa shape index (κ2) is 10.7. The Hall–Kier alpha value is -2.69. The third-order valence-electron chi connectivity index (χ3n) is 3.96. The minimum absolute atomic E-state index is 0.0947. The molecule has 1 saturated heterocycles. The SMILES string of the molecule is CCC(=O)OC1OC(C(=O)O)CC(OC(=O)CC)(OC(=O)CC)C1OC(=O)CC. The Kier molecular flexibility index (Phi) is 9.02. The van der Waals surface area contributed by atoms with Crippen LogP contribution in [0.5, 0.6) is 0 Å². The first kappa shape index (κ1) is 24.3. The summed E-state index contributed by atoms with van der Waals surface area (Å²) < 4.78 is 26.2. The van der Waals surface area contributed by atoms with Crippen LogP contribution in [0.1, 0.15) is 59.8 Å². The smallest absolute Gasteiger partial charge is 0.333 e. The van der Waals surface area contributed by atoms with Gasteiger partial charge in [-0.15, -0.1) is 0 Å². The predicted octanol–water partition coefficient (Wildman–Crippen LogP) is 1.06. The van der Waals surface area contributed by atoms with Gasteiger partial charge in [0.1, 0.15) is 0 Å². The van der Waals surface area contributed by atoms with Crippen molar-refractivity contribution < 1.29 is 52.8 Å². The van der Waals surface area contributed by atoms with Crippen LogP contribution in [0.25, 0.3) is 0 Å². The fourth-order valence-corrected chi connectivity index (χ4v) is 2.43. The van der Waals surface area contributed by atoms with Gasteiger partial charge in [-0.05, 0) is 0 Å². The minimum atomic E-state index is -2.34. The van der Waals surface area contributed by atoms with Gasteiger partial charge in [0.05, 0.1) is 6.42 Å². The van der Waals surface area contributed by atoms with E-state index in [0.29, 0.717) is 0 Å². The van der Waals surface area contributed by atoms with Crippen molar-refractivity contribution in [2.75, 3.05) is 0 Å². The zero-order valence-electron chi connectivity index (χ0n) is 16.8. The molecule has 0 bridgehead atoms. The van der Waals surface area contributed by atoms with E-state index in [1.807, 2.05) is 0 Å². The van der Waals surface area contributed by atoms with Gasteiger partial charge in [-0.3, -0.25) is 19.2 Å². The Morgan fingerprint density at radius 2 is 1.28 bits per heavy atom. The van der Waals surface area contributed by atoms with Crippen molar-refractivity contribution in [3.8, 4) is 0 Å². The fourth-order valence-electron chi connectivity index (χ4n) is 2.43. The van der Waals surface area contributed by atoms with Gasteiger partial charge in [0.15, 0.2) is 6.10 Å². The molecule has 0 saturated carbocycles. The third-order valence-corrected chi connectivity index (χ3v) is 3.96. The number of aliphatic carboxylic acids is 1. The average molecular weight is 418 g/mol. The molecule has 0 aromatic heterocycles. The molecule has 0 spiro atoms. The van der Waals surface area contributed by atoms with Crippen LogP contribution in [0.2, 0.25) is 0 Å². The Bertz CT molecular complexity index is 624. The first-order chi connectivity index (χ1) is 13.6. The van der Waals surface area contributed by atoms with E-state index in [1.54, 1.807) is 0 Å². The molecular weight excluding hydrogens is 392 g/mol. The molecule has 0 aliphatic carbocycles. The van der Waals surface area contributed by atoms with Crippen LogP contribution in [-0.2, 0) is 47.7 Å².